The Kier molecular flexibility index (Phi) is 6.96. The maximum atomic E-state index is 12.7. The lowest BCUT2D eigenvalue weighted by Crippen LogP contribution is -2.48. The molecule has 0 unspecified atom stereocenters. The molecule has 3 aliphatic rings. The largest absolute Gasteiger partial charge is 0.342 e. The number of carbonyl (C=O) groups excluding carboxylic acids is 2. The topological polar surface area (TPSA) is 43.9 Å². The Hall–Kier alpha value is -1.10. The van der Waals surface area contributed by atoms with Crippen molar-refractivity contribution in [1.82, 2.24) is 14.7 Å². The van der Waals surface area contributed by atoms with Crippen LogP contribution in [-0.2, 0) is 9.59 Å². The van der Waals surface area contributed by atoms with E-state index in [4.69, 9.17) is 0 Å². The first-order valence-corrected chi connectivity index (χ1v) is 10.8. The molecule has 2 saturated heterocycles. The van der Waals surface area contributed by atoms with Crippen molar-refractivity contribution in [3.8, 4) is 0 Å². The molecule has 0 aromatic heterocycles. The molecular formula is C21H37N3O2. The summed E-state index contributed by atoms with van der Waals surface area (Å²) in [4.78, 5) is 31.6. The van der Waals surface area contributed by atoms with Gasteiger partial charge in [-0.05, 0) is 76.8 Å². The van der Waals surface area contributed by atoms with Crippen LogP contribution >= 0.6 is 0 Å². The van der Waals surface area contributed by atoms with Crippen molar-refractivity contribution in [2.24, 2.45) is 11.8 Å². The zero-order chi connectivity index (χ0) is 18.5. The molecule has 0 spiro atoms. The van der Waals surface area contributed by atoms with E-state index in [1.807, 2.05) is 11.9 Å². The Labute approximate surface area is 159 Å². The van der Waals surface area contributed by atoms with Crippen LogP contribution in [-0.4, -0.2) is 72.3 Å². The van der Waals surface area contributed by atoms with Crippen molar-refractivity contribution >= 4 is 11.8 Å². The summed E-state index contributed by atoms with van der Waals surface area (Å²) in [5, 5.41) is 0. The van der Waals surface area contributed by atoms with E-state index in [0.717, 1.165) is 70.6 Å². The molecular weight excluding hydrogens is 326 g/mol. The zero-order valence-electron chi connectivity index (χ0n) is 16.8. The van der Waals surface area contributed by atoms with E-state index in [9.17, 15) is 9.59 Å². The van der Waals surface area contributed by atoms with Crippen LogP contribution in [0, 0.1) is 11.8 Å². The molecule has 3 rings (SSSR count). The highest BCUT2D eigenvalue weighted by molar-refractivity contribution is 5.79. The molecule has 0 atom stereocenters. The second kappa shape index (κ2) is 9.20. The molecule has 148 valence electrons. The number of likely N-dealkylation sites (tertiary alicyclic amines) is 2. The van der Waals surface area contributed by atoms with Crippen LogP contribution in [0.2, 0.25) is 0 Å². The van der Waals surface area contributed by atoms with E-state index < -0.39 is 0 Å². The molecule has 26 heavy (non-hydrogen) atoms. The molecule has 1 saturated carbocycles. The SMILES string of the molecule is CC1CCC(N(C)C(=O)CN2CCC(C(=O)N3CCCCC3)CC2)CC1. The number of rotatable bonds is 4. The number of hydrogen-bond acceptors (Lipinski definition) is 3. The summed E-state index contributed by atoms with van der Waals surface area (Å²) >= 11 is 0. The van der Waals surface area contributed by atoms with Crippen LogP contribution in [0.15, 0.2) is 0 Å². The van der Waals surface area contributed by atoms with Gasteiger partial charge in [0.05, 0.1) is 6.54 Å². The second-order valence-corrected chi connectivity index (χ2v) is 8.85. The number of likely N-dealkylation sites (N-methyl/N-ethyl adjacent to an activating group) is 1. The smallest absolute Gasteiger partial charge is 0.236 e. The predicted octanol–water partition coefficient (Wildman–Crippen LogP) is 2.75. The van der Waals surface area contributed by atoms with Gasteiger partial charge in [-0.1, -0.05) is 6.92 Å². The number of amides is 2. The highest BCUT2D eigenvalue weighted by Gasteiger charge is 2.31. The Morgan fingerprint density at radius 1 is 0.885 bits per heavy atom. The highest BCUT2D eigenvalue weighted by Crippen LogP contribution is 2.27. The van der Waals surface area contributed by atoms with Gasteiger partial charge in [0.2, 0.25) is 11.8 Å². The maximum Gasteiger partial charge on any atom is 0.236 e. The normalized spacial score (nSPS) is 28.8. The summed E-state index contributed by atoms with van der Waals surface area (Å²) < 4.78 is 0. The van der Waals surface area contributed by atoms with Crippen molar-refractivity contribution in [2.75, 3.05) is 39.8 Å². The van der Waals surface area contributed by atoms with Crippen molar-refractivity contribution in [3.63, 3.8) is 0 Å². The van der Waals surface area contributed by atoms with Crippen molar-refractivity contribution in [2.45, 2.75) is 70.8 Å². The van der Waals surface area contributed by atoms with E-state index in [1.165, 1.54) is 19.3 Å². The van der Waals surface area contributed by atoms with E-state index in [2.05, 4.69) is 16.7 Å². The van der Waals surface area contributed by atoms with Crippen LogP contribution in [0.5, 0.6) is 0 Å². The van der Waals surface area contributed by atoms with Crippen molar-refractivity contribution < 1.29 is 9.59 Å². The third kappa shape index (κ3) is 4.99. The molecule has 2 aliphatic heterocycles. The number of piperidine rings is 2. The third-order valence-corrected chi connectivity index (χ3v) is 6.89. The van der Waals surface area contributed by atoms with Gasteiger partial charge in [0, 0.05) is 32.1 Å². The Balaban J connectivity index is 1.40. The van der Waals surface area contributed by atoms with E-state index in [0.29, 0.717) is 18.5 Å². The minimum Gasteiger partial charge on any atom is -0.342 e. The molecule has 0 aromatic rings. The molecule has 5 nitrogen and oxygen atoms in total. The molecule has 0 aromatic carbocycles. The van der Waals surface area contributed by atoms with E-state index in [1.54, 1.807) is 0 Å². The molecule has 2 heterocycles. The molecule has 3 fully saturated rings. The maximum absolute atomic E-state index is 12.7. The lowest BCUT2D eigenvalue weighted by atomic mass is 9.87. The second-order valence-electron chi connectivity index (χ2n) is 8.85. The Bertz CT molecular complexity index is 474. The number of hydrogen-bond donors (Lipinski definition) is 0. The van der Waals surface area contributed by atoms with Crippen molar-refractivity contribution in [3.05, 3.63) is 0 Å². The fourth-order valence-corrected chi connectivity index (χ4v) is 4.85. The molecule has 1 aliphatic carbocycles. The van der Waals surface area contributed by atoms with Crippen LogP contribution < -0.4 is 0 Å². The number of carbonyl (C=O) groups is 2. The van der Waals surface area contributed by atoms with Crippen LogP contribution in [0.3, 0.4) is 0 Å². The van der Waals surface area contributed by atoms with Gasteiger partial charge in [-0.15, -0.1) is 0 Å². The minimum atomic E-state index is 0.178. The predicted molar refractivity (Wildman–Crippen MR) is 104 cm³/mol. The average molecular weight is 364 g/mol. The van der Waals surface area contributed by atoms with Crippen molar-refractivity contribution in [1.29, 1.82) is 0 Å². The van der Waals surface area contributed by atoms with Gasteiger partial charge in [-0.3, -0.25) is 14.5 Å². The van der Waals surface area contributed by atoms with Crippen LogP contribution in [0.1, 0.15) is 64.7 Å². The fourth-order valence-electron chi connectivity index (χ4n) is 4.85. The van der Waals surface area contributed by atoms with E-state index >= 15 is 0 Å². The lowest BCUT2D eigenvalue weighted by Gasteiger charge is -2.37. The fraction of sp³-hybridized carbons (Fsp3) is 0.905. The minimum absolute atomic E-state index is 0.178. The van der Waals surface area contributed by atoms with Gasteiger partial charge in [0.1, 0.15) is 0 Å². The first kappa shape index (κ1) is 19.7. The van der Waals surface area contributed by atoms with E-state index in [-0.39, 0.29) is 11.8 Å². The van der Waals surface area contributed by atoms with Gasteiger partial charge < -0.3 is 9.80 Å². The summed E-state index contributed by atoms with van der Waals surface area (Å²) in [6.07, 6.45) is 10.2. The molecule has 5 heteroatoms. The van der Waals surface area contributed by atoms with Gasteiger partial charge in [0.15, 0.2) is 0 Å². The lowest BCUT2D eigenvalue weighted by molar-refractivity contribution is -0.138. The third-order valence-electron chi connectivity index (χ3n) is 6.89. The average Bonchev–Trinajstić information content (AvgIpc) is 2.68. The molecule has 0 N–H and O–H groups in total. The first-order valence-electron chi connectivity index (χ1n) is 10.8. The standard InChI is InChI=1S/C21H37N3O2/c1-17-6-8-19(9-7-17)22(2)20(25)16-23-14-10-18(11-15-23)21(26)24-12-4-3-5-13-24/h17-19H,3-16H2,1-2H3. The van der Waals surface area contributed by atoms with Crippen LogP contribution in [0.25, 0.3) is 0 Å². The van der Waals surface area contributed by atoms with Crippen LogP contribution in [0.4, 0.5) is 0 Å². The zero-order valence-corrected chi connectivity index (χ0v) is 16.8. The summed E-state index contributed by atoms with van der Waals surface area (Å²) in [5.41, 5.74) is 0. The summed E-state index contributed by atoms with van der Waals surface area (Å²) in [6, 6.07) is 0.428. The first-order chi connectivity index (χ1) is 12.5. The molecule has 2 amide bonds. The number of nitrogens with zero attached hydrogens (tertiary/aromatic N) is 3. The highest BCUT2D eigenvalue weighted by atomic mass is 16.2. The Morgan fingerprint density at radius 2 is 1.50 bits per heavy atom. The van der Waals surface area contributed by atoms with Gasteiger partial charge in [-0.2, -0.15) is 0 Å². The van der Waals surface area contributed by atoms with Gasteiger partial charge in [-0.25, -0.2) is 0 Å². The van der Waals surface area contributed by atoms with Gasteiger partial charge in [0.25, 0.3) is 0 Å². The summed E-state index contributed by atoms with van der Waals surface area (Å²) in [6.45, 7) is 6.49. The Morgan fingerprint density at radius 3 is 2.12 bits per heavy atom. The monoisotopic (exact) mass is 363 g/mol. The summed E-state index contributed by atoms with van der Waals surface area (Å²) in [7, 11) is 1.98. The quantitative estimate of drug-likeness (QED) is 0.771. The van der Waals surface area contributed by atoms with Gasteiger partial charge >= 0.3 is 0 Å². The summed E-state index contributed by atoms with van der Waals surface area (Å²) in [5.74, 6) is 1.61. The molecule has 0 bridgehead atoms. The molecule has 0 radical (unpaired) electrons.